The van der Waals surface area contributed by atoms with Crippen LogP contribution in [0.2, 0.25) is 0 Å². The second-order valence-electron chi connectivity index (χ2n) is 4.47. The monoisotopic (exact) mass is 267 g/mol. The predicted molar refractivity (Wildman–Crippen MR) is 81.6 cm³/mol. The molecule has 1 aromatic carbocycles. The molecule has 18 heavy (non-hydrogen) atoms. The second kappa shape index (κ2) is 8.44. The molecule has 1 rings (SSSR count). The highest BCUT2D eigenvalue weighted by Crippen LogP contribution is 2.28. The van der Waals surface area contributed by atoms with Crippen LogP contribution in [0.1, 0.15) is 38.3 Å². The van der Waals surface area contributed by atoms with E-state index in [9.17, 15) is 0 Å². The quantitative estimate of drug-likeness (QED) is 0.722. The molecule has 2 unspecified atom stereocenters. The van der Waals surface area contributed by atoms with Crippen LogP contribution in [-0.4, -0.2) is 25.2 Å². The summed E-state index contributed by atoms with van der Waals surface area (Å²) < 4.78 is 5.20. The van der Waals surface area contributed by atoms with Crippen LogP contribution in [-0.2, 0) is 0 Å². The van der Waals surface area contributed by atoms with E-state index in [1.807, 2.05) is 30.9 Å². The smallest absolute Gasteiger partial charge is 0.118 e. The van der Waals surface area contributed by atoms with Gasteiger partial charge in [-0.3, -0.25) is 0 Å². The zero-order chi connectivity index (χ0) is 13.4. The summed E-state index contributed by atoms with van der Waals surface area (Å²) in [5.74, 6) is 2.16. The van der Waals surface area contributed by atoms with Gasteiger partial charge in [0.25, 0.3) is 0 Å². The van der Waals surface area contributed by atoms with Crippen molar-refractivity contribution in [3.8, 4) is 5.75 Å². The van der Waals surface area contributed by atoms with Gasteiger partial charge in [-0.05, 0) is 36.9 Å². The molecule has 0 saturated heterocycles. The van der Waals surface area contributed by atoms with Gasteiger partial charge in [0, 0.05) is 11.3 Å². The van der Waals surface area contributed by atoms with E-state index in [4.69, 9.17) is 4.74 Å². The van der Waals surface area contributed by atoms with Crippen molar-refractivity contribution in [3.05, 3.63) is 29.8 Å². The number of benzene rings is 1. The molecule has 2 nitrogen and oxygen atoms in total. The Labute approximate surface area is 116 Å². The average molecular weight is 267 g/mol. The first-order valence-electron chi connectivity index (χ1n) is 6.65. The van der Waals surface area contributed by atoms with Gasteiger partial charge in [-0.25, -0.2) is 0 Å². The third-order valence-electron chi connectivity index (χ3n) is 3.13. The molecule has 2 atom stereocenters. The Kier molecular flexibility index (Phi) is 7.21. The van der Waals surface area contributed by atoms with E-state index in [-0.39, 0.29) is 0 Å². The average Bonchev–Trinajstić information content (AvgIpc) is 2.41. The number of methoxy groups -OCH3 is 1. The van der Waals surface area contributed by atoms with Crippen molar-refractivity contribution >= 4 is 11.8 Å². The zero-order valence-corrected chi connectivity index (χ0v) is 12.7. The maximum atomic E-state index is 5.20. The van der Waals surface area contributed by atoms with Crippen molar-refractivity contribution < 1.29 is 4.74 Å². The van der Waals surface area contributed by atoms with Crippen LogP contribution in [0.15, 0.2) is 24.3 Å². The fraction of sp³-hybridized carbons (Fsp3) is 0.600. The van der Waals surface area contributed by atoms with Crippen molar-refractivity contribution in [3.63, 3.8) is 0 Å². The van der Waals surface area contributed by atoms with Crippen LogP contribution in [0.5, 0.6) is 5.75 Å². The van der Waals surface area contributed by atoms with E-state index in [0.717, 1.165) is 5.75 Å². The molecule has 3 heteroatoms. The van der Waals surface area contributed by atoms with Crippen LogP contribution < -0.4 is 10.1 Å². The molecule has 1 N–H and O–H groups in total. The van der Waals surface area contributed by atoms with Gasteiger partial charge in [0.15, 0.2) is 0 Å². The normalized spacial score (nSPS) is 14.2. The third-order valence-corrected chi connectivity index (χ3v) is 4.46. The molecule has 0 aliphatic rings. The molecule has 0 aromatic heterocycles. The molecular weight excluding hydrogens is 242 g/mol. The predicted octanol–water partition coefficient (Wildman–Crippen LogP) is 3.88. The molecule has 0 aliphatic heterocycles. The lowest BCUT2D eigenvalue weighted by Crippen LogP contribution is -2.25. The number of nitrogens with one attached hydrogen (secondary N) is 1. The topological polar surface area (TPSA) is 21.3 Å². The second-order valence-corrected chi connectivity index (χ2v) is 5.95. The van der Waals surface area contributed by atoms with Gasteiger partial charge >= 0.3 is 0 Å². The third kappa shape index (κ3) is 4.54. The summed E-state index contributed by atoms with van der Waals surface area (Å²) in [6, 6.07) is 8.76. The molecule has 102 valence electrons. The fourth-order valence-electron chi connectivity index (χ4n) is 1.99. The Hall–Kier alpha value is -0.670. The van der Waals surface area contributed by atoms with Gasteiger partial charge in [-0.15, -0.1) is 0 Å². The van der Waals surface area contributed by atoms with Crippen molar-refractivity contribution in [1.82, 2.24) is 5.32 Å². The van der Waals surface area contributed by atoms with E-state index in [1.54, 1.807) is 7.11 Å². The summed E-state index contributed by atoms with van der Waals surface area (Å²) in [6.07, 6.45) is 2.57. The van der Waals surface area contributed by atoms with E-state index in [0.29, 0.717) is 11.3 Å². The first-order chi connectivity index (χ1) is 8.72. The molecule has 1 aromatic rings. The minimum atomic E-state index is 0.401. The van der Waals surface area contributed by atoms with E-state index in [1.165, 1.54) is 24.2 Å². The van der Waals surface area contributed by atoms with Crippen molar-refractivity contribution in [1.29, 1.82) is 0 Å². The molecule has 0 spiro atoms. The zero-order valence-electron chi connectivity index (χ0n) is 11.9. The molecule has 0 saturated carbocycles. The van der Waals surface area contributed by atoms with E-state index < -0.39 is 0 Å². The summed E-state index contributed by atoms with van der Waals surface area (Å²) in [5, 5.41) is 4.00. The summed E-state index contributed by atoms with van der Waals surface area (Å²) in [4.78, 5) is 0. The van der Waals surface area contributed by atoms with Gasteiger partial charge in [0.05, 0.1) is 7.11 Å². The molecule has 0 radical (unpaired) electrons. The van der Waals surface area contributed by atoms with Crippen molar-refractivity contribution in [2.24, 2.45) is 0 Å². The molecular formula is C15H25NOS. The lowest BCUT2D eigenvalue weighted by Gasteiger charge is -2.23. The van der Waals surface area contributed by atoms with Crippen LogP contribution >= 0.6 is 11.8 Å². The number of unbranched alkanes of at least 4 members (excludes halogenated alkanes) is 1. The number of ether oxygens (including phenoxy) is 1. The van der Waals surface area contributed by atoms with Crippen LogP contribution in [0.25, 0.3) is 0 Å². The summed E-state index contributed by atoms with van der Waals surface area (Å²) in [6.45, 7) is 4.54. The largest absolute Gasteiger partial charge is 0.497 e. The SMILES string of the molecule is CCCCSC(C)C(NC)c1ccc(OC)cc1. The molecule has 0 amide bonds. The molecule has 0 aliphatic carbocycles. The first-order valence-corrected chi connectivity index (χ1v) is 7.70. The first kappa shape index (κ1) is 15.4. The Morgan fingerprint density at radius 3 is 2.44 bits per heavy atom. The maximum Gasteiger partial charge on any atom is 0.118 e. The number of hydrogen-bond donors (Lipinski definition) is 1. The highest BCUT2D eigenvalue weighted by atomic mass is 32.2. The maximum absolute atomic E-state index is 5.20. The van der Waals surface area contributed by atoms with Crippen molar-refractivity contribution in [2.45, 2.75) is 38.0 Å². The summed E-state index contributed by atoms with van der Waals surface area (Å²) >= 11 is 2.04. The Morgan fingerprint density at radius 2 is 1.94 bits per heavy atom. The van der Waals surface area contributed by atoms with Gasteiger partial charge in [-0.1, -0.05) is 32.4 Å². The highest BCUT2D eigenvalue weighted by molar-refractivity contribution is 7.99. The minimum absolute atomic E-state index is 0.401. The van der Waals surface area contributed by atoms with E-state index in [2.05, 4.69) is 31.3 Å². The summed E-state index contributed by atoms with van der Waals surface area (Å²) in [7, 11) is 3.74. The lowest BCUT2D eigenvalue weighted by molar-refractivity contribution is 0.414. The van der Waals surface area contributed by atoms with Crippen molar-refractivity contribution in [2.75, 3.05) is 19.9 Å². The number of hydrogen-bond acceptors (Lipinski definition) is 3. The Bertz CT molecular complexity index is 326. The van der Waals surface area contributed by atoms with Gasteiger partial charge in [-0.2, -0.15) is 11.8 Å². The fourth-order valence-corrected chi connectivity index (χ4v) is 3.31. The Balaban J connectivity index is 2.62. The Morgan fingerprint density at radius 1 is 1.28 bits per heavy atom. The molecule has 0 fully saturated rings. The van der Waals surface area contributed by atoms with Crippen LogP contribution in [0.3, 0.4) is 0 Å². The highest BCUT2D eigenvalue weighted by Gasteiger charge is 2.17. The molecule has 0 heterocycles. The van der Waals surface area contributed by atoms with Gasteiger partial charge in [0.1, 0.15) is 5.75 Å². The number of thioether (sulfide) groups is 1. The minimum Gasteiger partial charge on any atom is -0.497 e. The number of rotatable bonds is 8. The molecule has 0 bridgehead atoms. The standard InChI is InChI=1S/C15H25NOS/c1-5-6-11-18-12(2)15(16-3)13-7-9-14(17-4)10-8-13/h7-10,12,15-16H,5-6,11H2,1-4H3. The lowest BCUT2D eigenvalue weighted by atomic mass is 10.0. The van der Waals surface area contributed by atoms with Crippen LogP contribution in [0.4, 0.5) is 0 Å². The summed E-state index contributed by atoms with van der Waals surface area (Å²) in [5.41, 5.74) is 1.33. The van der Waals surface area contributed by atoms with Gasteiger partial charge < -0.3 is 10.1 Å². The van der Waals surface area contributed by atoms with Gasteiger partial charge in [0.2, 0.25) is 0 Å². The van der Waals surface area contributed by atoms with E-state index >= 15 is 0 Å². The van der Waals surface area contributed by atoms with Crippen LogP contribution in [0, 0.1) is 0 Å².